The van der Waals surface area contributed by atoms with Crippen LogP contribution in [0.2, 0.25) is 0 Å². The summed E-state index contributed by atoms with van der Waals surface area (Å²) < 4.78 is 5.67. The maximum atomic E-state index is 12.0. The Bertz CT molecular complexity index is 501. The number of benzene rings is 1. The number of likely N-dealkylation sites (N-methyl/N-ethyl adjacent to an activating group) is 1. The van der Waals surface area contributed by atoms with E-state index in [0.29, 0.717) is 12.1 Å². The van der Waals surface area contributed by atoms with Gasteiger partial charge in [-0.05, 0) is 43.6 Å². The average molecular weight is 287 g/mol. The zero-order valence-corrected chi connectivity index (χ0v) is 12.3. The molecule has 2 rings (SSSR count). The van der Waals surface area contributed by atoms with Crippen molar-refractivity contribution < 1.29 is 9.53 Å². The molecule has 1 N–H and O–H groups in total. The Morgan fingerprint density at radius 2 is 2.05 bits per heavy atom. The van der Waals surface area contributed by atoms with Crippen molar-refractivity contribution in [1.82, 2.24) is 10.2 Å². The lowest BCUT2D eigenvalue weighted by atomic mass is 10.1. The Morgan fingerprint density at radius 1 is 1.38 bits per heavy atom. The molecule has 0 unspecified atom stereocenters. The van der Waals surface area contributed by atoms with Crippen LogP contribution in [0.15, 0.2) is 24.3 Å². The van der Waals surface area contributed by atoms with E-state index in [1.165, 1.54) is 0 Å². The van der Waals surface area contributed by atoms with Crippen molar-refractivity contribution in [3.8, 4) is 6.07 Å². The quantitative estimate of drug-likeness (QED) is 0.886. The van der Waals surface area contributed by atoms with Gasteiger partial charge in [-0.25, -0.2) is 0 Å². The van der Waals surface area contributed by atoms with Gasteiger partial charge in [0.2, 0.25) is 5.91 Å². The number of amides is 1. The minimum atomic E-state index is -0.0158. The van der Waals surface area contributed by atoms with E-state index < -0.39 is 0 Å². The van der Waals surface area contributed by atoms with Gasteiger partial charge >= 0.3 is 0 Å². The summed E-state index contributed by atoms with van der Waals surface area (Å²) in [6, 6.07) is 9.35. The molecular weight excluding hydrogens is 266 g/mol. The van der Waals surface area contributed by atoms with Gasteiger partial charge in [-0.2, -0.15) is 5.26 Å². The maximum Gasteiger partial charge on any atom is 0.248 e. The Hall–Kier alpha value is -1.90. The molecule has 1 saturated heterocycles. The first-order valence-corrected chi connectivity index (χ1v) is 7.24. The first-order valence-electron chi connectivity index (χ1n) is 7.24. The van der Waals surface area contributed by atoms with Crippen molar-refractivity contribution in [2.24, 2.45) is 0 Å². The average Bonchev–Trinajstić information content (AvgIpc) is 2.54. The molecule has 0 saturated carbocycles. The van der Waals surface area contributed by atoms with Gasteiger partial charge in [0, 0.05) is 13.6 Å². The molecule has 1 aliphatic heterocycles. The summed E-state index contributed by atoms with van der Waals surface area (Å²) in [6.07, 6.45) is 2.12. The van der Waals surface area contributed by atoms with Gasteiger partial charge in [0.05, 0.1) is 17.7 Å². The van der Waals surface area contributed by atoms with Crippen LogP contribution in [0.25, 0.3) is 0 Å². The minimum absolute atomic E-state index is 0.0158. The third kappa shape index (κ3) is 4.85. The number of nitriles is 1. The standard InChI is InChI=1S/C16H21N3O2/c1-19(11-14-4-2-13(10-17)3-5-14)16(20)12-21-15-6-8-18-9-7-15/h2-5,15,18H,6-9,11-12H2,1H3. The number of piperidine rings is 1. The van der Waals surface area contributed by atoms with Gasteiger partial charge in [0.1, 0.15) is 6.61 Å². The van der Waals surface area contributed by atoms with Gasteiger partial charge < -0.3 is 15.0 Å². The zero-order chi connectivity index (χ0) is 15.1. The van der Waals surface area contributed by atoms with E-state index in [0.717, 1.165) is 31.5 Å². The van der Waals surface area contributed by atoms with E-state index in [-0.39, 0.29) is 18.6 Å². The third-order valence-electron chi connectivity index (χ3n) is 3.66. The third-order valence-corrected chi connectivity index (χ3v) is 3.66. The van der Waals surface area contributed by atoms with Crippen molar-refractivity contribution in [3.63, 3.8) is 0 Å². The molecule has 1 amide bonds. The van der Waals surface area contributed by atoms with Crippen LogP contribution in [0.3, 0.4) is 0 Å². The highest BCUT2D eigenvalue weighted by Gasteiger charge is 2.16. The predicted octanol–water partition coefficient (Wildman–Crippen LogP) is 1.29. The number of nitrogens with zero attached hydrogens (tertiary/aromatic N) is 2. The van der Waals surface area contributed by atoms with Crippen LogP contribution in [0.4, 0.5) is 0 Å². The molecular formula is C16H21N3O2. The molecule has 0 radical (unpaired) electrons. The molecule has 0 atom stereocenters. The van der Waals surface area contributed by atoms with Crippen LogP contribution in [0.1, 0.15) is 24.0 Å². The number of nitrogens with one attached hydrogen (secondary N) is 1. The van der Waals surface area contributed by atoms with E-state index in [4.69, 9.17) is 10.00 Å². The fourth-order valence-electron chi connectivity index (χ4n) is 2.31. The topological polar surface area (TPSA) is 65.4 Å². The Kier molecular flexibility index (Phi) is 5.73. The first kappa shape index (κ1) is 15.5. The van der Waals surface area contributed by atoms with Crippen molar-refractivity contribution in [3.05, 3.63) is 35.4 Å². The van der Waals surface area contributed by atoms with Gasteiger partial charge in [-0.15, -0.1) is 0 Å². The van der Waals surface area contributed by atoms with Gasteiger partial charge in [0.25, 0.3) is 0 Å². The second kappa shape index (κ2) is 7.77. The van der Waals surface area contributed by atoms with Crippen molar-refractivity contribution >= 4 is 5.91 Å². The molecule has 21 heavy (non-hydrogen) atoms. The molecule has 5 heteroatoms. The predicted molar refractivity (Wildman–Crippen MR) is 79.5 cm³/mol. The number of carbonyl (C=O) groups is 1. The van der Waals surface area contributed by atoms with E-state index >= 15 is 0 Å². The van der Waals surface area contributed by atoms with Crippen LogP contribution in [0, 0.1) is 11.3 Å². The van der Waals surface area contributed by atoms with Crippen molar-refractivity contribution in [2.45, 2.75) is 25.5 Å². The van der Waals surface area contributed by atoms with Crippen LogP contribution < -0.4 is 5.32 Å². The molecule has 1 fully saturated rings. The fraction of sp³-hybridized carbons (Fsp3) is 0.500. The van der Waals surface area contributed by atoms with Gasteiger partial charge in [-0.1, -0.05) is 12.1 Å². The molecule has 0 aromatic heterocycles. The molecule has 1 aromatic rings. The molecule has 5 nitrogen and oxygen atoms in total. The number of hydrogen-bond acceptors (Lipinski definition) is 4. The molecule has 0 aliphatic carbocycles. The van der Waals surface area contributed by atoms with Crippen LogP contribution >= 0.6 is 0 Å². The molecule has 112 valence electrons. The highest BCUT2D eigenvalue weighted by atomic mass is 16.5. The molecule has 0 spiro atoms. The summed E-state index contributed by atoms with van der Waals surface area (Å²) in [6.45, 7) is 2.58. The number of carbonyl (C=O) groups excluding carboxylic acids is 1. The van der Waals surface area contributed by atoms with Crippen LogP contribution in [0.5, 0.6) is 0 Å². The lowest BCUT2D eigenvalue weighted by Crippen LogP contribution is -2.36. The van der Waals surface area contributed by atoms with Gasteiger partial charge in [-0.3, -0.25) is 4.79 Å². The van der Waals surface area contributed by atoms with Crippen LogP contribution in [-0.4, -0.2) is 43.7 Å². The minimum Gasteiger partial charge on any atom is -0.368 e. The van der Waals surface area contributed by atoms with E-state index in [2.05, 4.69) is 11.4 Å². The van der Waals surface area contributed by atoms with Crippen molar-refractivity contribution in [2.75, 3.05) is 26.7 Å². The highest BCUT2D eigenvalue weighted by molar-refractivity contribution is 5.77. The molecule has 1 aliphatic rings. The second-order valence-corrected chi connectivity index (χ2v) is 5.32. The lowest BCUT2D eigenvalue weighted by Gasteiger charge is -2.24. The Labute approximate surface area is 125 Å². The van der Waals surface area contributed by atoms with E-state index in [1.54, 1.807) is 24.1 Å². The van der Waals surface area contributed by atoms with E-state index in [9.17, 15) is 4.79 Å². The fourth-order valence-corrected chi connectivity index (χ4v) is 2.31. The van der Waals surface area contributed by atoms with E-state index in [1.807, 2.05) is 12.1 Å². The SMILES string of the molecule is CN(Cc1ccc(C#N)cc1)C(=O)COC1CCNCC1. The molecule has 1 aromatic carbocycles. The summed E-state index contributed by atoms with van der Waals surface area (Å²) in [5.74, 6) is -0.0158. The zero-order valence-electron chi connectivity index (χ0n) is 12.3. The Morgan fingerprint density at radius 3 is 2.67 bits per heavy atom. The largest absolute Gasteiger partial charge is 0.368 e. The summed E-state index contributed by atoms with van der Waals surface area (Å²) in [5, 5.41) is 12.0. The summed E-state index contributed by atoms with van der Waals surface area (Å²) in [4.78, 5) is 13.7. The summed E-state index contributed by atoms with van der Waals surface area (Å²) in [5.41, 5.74) is 1.63. The normalized spacial score (nSPS) is 15.4. The number of hydrogen-bond donors (Lipinski definition) is 1. The highest BCUT2D eigenvalue weighted by Crippen LogP contribution is 2.09. The smallest absolute Gasteiger partial charge is 0.248 e. The summed E-state index contributed by atoms with van der Waals surface area (Å²) in [7, 11) is 1.77. The second-order valence-electron chi connectivity index (χ2n) is 5.32. The number of ether oxygens (including phenoxy) is 1. The summed E-state index contributed by atoms with van der Waals surface area (Å²) >= 11 is 0. The molecule has 1 heterocycles. The number of rotatable bonds is 5. The lowest BCUT2D eigenvalue weighted by molar-refractivity contribution is -0.137. The van der Waals surface area contributed by atoms with Crippen LogP contribution in [-0.2, 0) is 16.1 Å². The molecule has 0 bridgehead atoms. The first-order chi connectivity index (χ1) is 10.2. The van der Waals surface area contributed by atoms with Crippen molar-refractivity contribution in [1.29, 1.82) is 5.26 Å². The van der Waals surface area contributed by atoms with Gasteiger partial charge in [0.15, 0.2) is 0 Å². The maximum absolute atomic E-state index is 12.0. The monoisotopic (exact) mass is 287 g/mol. The Balaban J connectivity index is 1.77.